The van der Waals surface area contributed by atoms with Crippen LogP contribution in [0, 0.1) is 18.7 Å². The quantitative estimate of drug-likeness (QED) is 0.290. The van der Waals surface area contributed by atoms with E-state index in [1.807, 2.05) is 25.1 Å². The molecule has 0 spiro atoms. The van der Waals surface area contributed by atoms with Gasteiger partial charge in [-0.15, -0.1) is 5.10 Å². The summed E-state index contributed by atoms with van der Waals surface area (Å²) in [6, 6.07) is 13.3. The number of halogens is 1. The predicted molar refractivity (Wildman–Crippen MR) is 136 cm³/mol. The summed E-state index contributed by atoms with van der Waals surface area (Å²) in [4.78, 5) is 17.2. The summed E-state index contributed by atoms with van der Waals surface area (Å²) in [5.74, 6) is 0.849. The maximum Gasteiger partial charge on any atom is 0.239 e. The lowest BCUT2D eigenvalue weighted by atomic mass is 9.98. The van der Waals surface area contributed by atoms with Crippen molar-refractivity contribution in [1.82, 2.24) is 14.6 Å². The first-order valence-electron chi connectivity index (χ1n) is 12.1. The molecule has 2 heterocycles. The minimum Gasteiger partial charge on any atom is -0.437 e. The van der Waals surface area contributed by atoms with Gasteiger partial charge in [0.15, 0.2) is 11.4 Å². The number of ketones is 1. The fourth-order valence-corrected chi connectivity index (χ4v) is 4.12. The van der Waals surface area contributed by atoms with E-state index in [0.717, 1.165) is 29.5 Å². The van der Waals surface area contributed by atoms with Gasteiger partial charge >= 0.3 is 0 Å². The molecule has 1 saturated carbocycles. The molecule has 2 aromatic carbocycles. The highest BCUT2D eigenvalue weighted by molar-refractivity contribution is 5.98. The Hall–Kier alpha value is -3.78. The molecular formula is C28H29FN4O3. The van der Waals surface area contributed by atoms with Crippen LogP contribution in [0.15, 0.2) is 54.7 Å². The Morgan fingerprint density at radius 2 is 2.03 bits per heavy atom. The maximum absolute atomic E-state index is 13.7. The third kappa shape index (κ3) is 5.39. The SMILES string of the molecule is Cc1cc(-c2cnc3c(NCC(C)(C)O)cc(Oc4cccc(F)c4)nn23)ccc1C(=O)CC1CC1. The van der Waals surface area contributed by atoms with Gasteiger partial charge in [0, 0.05) is 36.2 Å². The number of aromatic nitrogens is 3. The molecule has 0 saturated heterocycles. The number of imidazole rings is 1. The average Bonchev–Trinajstić information content (AvgIpc) is 3.52. The standard InChI is InChI=1S/C28H29FN4O3/c1-17-11-19(9-10-22(17)25(34)12-18-7-8-18)24-15-30-27-23(31-16-28(2,3)35)14-26(32-33(24)27)36-21-6-4-5-20(29)13-21/h4-6,9-11,13-15,18,31,35H,7-8,12,16H2,1-3H3. The number of nitrogens with zero attached hydrogens (tertiary/aromatic N) is 3. The Morgan fingerprint density at radius 1 is 1.22 bits per heavy atom. The number of hydrogen-bond donors (Lipinski definition) is 2. The molecule has 2 aromatic heterocycles. The highest BCUT2D eigenvalue weighted by Crippen LogP contribution is 2.35. The van der Waals surface area contributed by atoms with E-state index in [1.54, 1.807) is 42.8 Å². The second-order valence-corrected chi connectivity index (χ2v) is 10.1. The van der Waals surface area contributed by atoms with Crippen LogP contribution in [0.4, 0.5) is 10.1 Å². The van der Waals surface area contributed by atoms with E-state index in [-0.39, 0.29) is 18.2 Å². The van der Waals surface area contributed by atoms with Crippen molar-refractivity contribution < 1.29 is 19.0 Å². The molecule has 2 N–H and O–H groups in total. The van der Waals surface area contributed by atoms with E-state index in [0.29, 0.717) is 35.1 Å². The molecular weight excluding hydrogens is 459 g/mol. The number of carbonyl (C=O) groups is 1. The number of aliphatic hydroxyl groups is 1. The normalized spacial score (nSPS) is 13.7. The molecule has 36 heavy (non-hydrogen) atoms. The number of hydrogen-bond acceptors (Lipinski definition) is 6. The maximum atomic E-state index is 13.7. The monoisotopic (exact) mass is 488 g/mol. The van der Waals surface area contributed by atoms with Crippen LogP contribution in [0.5, 0.6) is 11.6 Å². The first-order valence-corrected chi connectivity index (χ1v) is 12.1. The molecule has 0 bridgehead atoms. The van der Waals surface area contributed by atoms with Crippen LogP contribution in [0.2, 0.25) is 0 Å². The Balaban J connectivity index is 1.54. The number of nitrogens with one attached hydrogen (secondary N) is 1. The van der Waals surface area contributed by atoms with E-state index < -0.39 is 11.4 Å². The van der Waals surface area contributed by atoms with Crippen LogP contribution in [0.25, 0.3) is 16.9 Å². The van der Waals surface area contributed by atoms with Gasteiger partial charge in [-0.25, -0.2) is 13.9 Å². The molecule has 0 atom stereocenters. The Labute approximate surface area is 208 Å². The summed E-state index contributed by atoms with van der Waals surface area (Å²) >= 11 is 0. The zero-order chi connectivity index (χ0) is 25.4. The first-order chi connectivity index (χ1) is 17.2. The number of fused-ring (bicyclic) bond motifs is 1. The Bertz CT molecular complexity index is 1440. The minimum absolute atomic E-state index is 0.182. The second kappa shape index (κ2) is 9.35. The van der Waals surface area contributed by atoms with Gasteiger partial charge in [-0.2, -0.15) is 0 Å². The highest BCUT2D eigenvalue weighted by atomic mass is 19.1. The van der Waals surface area contributed by atoms with Gasteiger partial charge in [0.2, 0.25) is 5.88 Å². The van der Waals surface area contributed by atoms with Gasteiger partial charge in [0.1, 0.15) is 11.6 Å². The number of carbonyl (C=O) groups excluding carboxylic acids is 1. The molecule has 0 amide bonds. The summed E-state index contributed by atoms with van der Waals surface area (Å²) in [6.07, 6.45) is 4.60. The zero-order valence-corrected chi connectivity index (χ0v) is 20.6. The van der Waals surface area contributed by atoms with Gasteiger partial charge in [-0.3, -0.25) is 4.79 Å². The minimum atomic E-state index is -0.959. The third-order valence-corrected chi connectivity index (χ3v) is 6.17. The van der Waals surface area contributed by atoms with E-state index in [9.17, 15) is 14.3 Å². The molecule has 7 nitrogen and oxygen atoms in total. The molecule has 0 aliphatic heterocycles. The molecule has 1 aliphatic carbocycles. The largest absolute Gasteiger partial charge is 0.437 e. The summed E-state index contributed by atoms with van der Waals surface area (Å²) in [6.45, 7) is 5.61. The van der Waals surface area contributed by atoms with Crippen molar-refractivity contribution in [2.45, 2.75) is 45.6 Å². The third-order valence-electron chi connectivity index (χ3n) is 6.17. The van der Waals surface area contributed by atoms with Crippen molar-refractivity contribution >= 4 is 17.1 Å². The summed E-state index contributed by atoms with van der Waals surface area (Å²) in [5, 5.41) is 18.1. The van der Waals surface area contributed by atoms with Gasteiger partial charge in [0.25, 0.3) is 0 Å². The predicted octanol–water partition coefficient (Wildman–Crippen LogP) is 5.80. The average molecular weight is 489 g/mol. The molecule has 8 heteroatoms. The summed E-state index contributed by atoms with van der Waals surface area (Å²) < 4.78 is 21.2. The van der Waals surface area contributed by atoms with Crippen LogP contribution < -0.4 is 10.1 Å². The van der Waals surface area contributed by atoms with Gasteiger partial charge in [0.05, 0.1) is 23.2 Å². The van der Waals surface area contributed by atoms with Gasteiger partial charge in [-0.05, 0) is 63.3 Å². The van der Waals surface area contributed by atoms with Crippen molar-refractivity contribution in [1.29, 1.82) is 0 Å². The lowest BCUT2D eigenvalue weighted by molar-refractivity contribution is 0.0943. The van der Waals surface area contributed by atoms with E-state index in [4.69, 9.17) is 4.74 Å². The van der Waals surface area contributed by atoms with Crippen molar-refractivity contribution in [2.75, 3.05) is 11.9 Å². The van der Waals surface area contributed by atoms with Crippen LogP contribution >= 0.6 is 0 Å². The molecule has 0 radical (unpaired) electrons. The number of benzene rings is 2. The topological polar surface area (TPSA) is 88.8 Å². The smallest absolute Gasteiger partial charge is 0.239 e. The van der Waals surface area contributed by atoms with Crippen LogP contribution in [-0.4, -0.2) is 37.6 Å². The lowest BCUT2D eigenvalue weighted by Crippen LogP contribution is -2.29. The molecule has 1 aliphatic rings. The number of ether oxygens (including phenoxy) is 1. The van der Waals surface area contributed by atoms with E-state index in [2.05, 4.69) is 15.4 Å². The zero-order valence-electron chi connectivity index (χ0n) is 20.6. The number of aryl methyl sites for hydroxylation is 1. The molecule has 5 rings (SSSR count). The fraction of sp³-hybridized carbons (Fsp3) is 0.321. The van der Waals surface area contributed by atoms with E-state index in [1.165, 1.54) is 12.1 Å². The van der Waals surface area contributed by atoms with Crippen LogP contribution in [0.1, 0.15) is 49.0 Å². The summed E-state index contributed by atoms with van der Waals surface area (Å²) in [5.41, 5.74) is 3.41. The Morgan fingerprint density at radius 3 is 2.72 bits per heavy atom. The molecule has 1 fully saturated rings. The van der Waals surface area contributed by atoms with Crippen molar-refractivity contribution in [3.8, 4) is 22.9 Å². The number of rotatable bonds is 9. The second-order valence-electron chi connectivity index (χ2n) is 10.1. The van der Waals surface area contributed by atoms with Crippen LogP contribution in [0.3, 0.4) is 0 Å². The fourth-order valence-electron chi connectivity index (χ4n) is 4.12. The number of Topliss-reactive ketones (excluding diaryl/α,β-unsaturated/α-hetero) is 1. The molecule has 0 unspecified atom stereocenters. The molecule has 4 aromatic rings. The van der Waals surface area contributed by atoms with Crippen molar-refractivity contribution in [3.63, 3.8) is 0 Å². The Kier molecular flexibility index (Phi) is 6.22. The number of anilines is 1. The highest BCUT2D eigenvalue weighted by Gasteiger charge is 2.26. The van der Waals surface area contributed by atoms with Crippen molar-refractivity contribution in [3.05, 3.63) is 71.7 Å². The molecule has 186 valence electrons. The lowest BCUT2D eigenvalue weighted by Gasteiger charge is -2.19. The van der Waals surface area contributed by atoms with Gasteiger partial charge < -0.3 is 15.2 Å². The van der Waals surface area contributed by atoms with E-state index >= 15 is 0 Å². The summed E-state index contributed by atoms with van der Waals surface area (Å²) in [7, 11) is 0. The van der Waals surface area contributed by atoms with Crippen LogP contribution in [-0.2, 0) is 0 Å². The van der Waals surface area contributed by atoms with Gasteiger partial charge in [-0.1, -0.05) is 18.2 Å². The van der Waals surface area contributed by atoms with Crippen molar-refractivity contribution in [2.24, 2.45) is 5.92 Å². The first kappa shape index (κ1) is 23.9.